The second-order valence-corrected chi connectivity index (χ2v) is 4.40. The topological polar surface area (TPSA) is 115 Å². The number of aryl methyl sites for hydroxylation is 1. The third-order valence-electron chi connectivity index (χ3n) is 2.95. The SMILES string of the molecule is Cc1nc(-c2ccc(N)cc2)c(-c2ccccc2)o1.O.O. The highest BCUT2D eigenvalue weighted by Crippen LogP contribution is 2.32. The van der Waals surface area contributed by atoms with E-state index in [1.54, 1.807) is 0 Å². The Balaban J connectivity index is 0.00000110. The highest BCUT2D eigenvalue weighted by molar-refractivity contribution is 5.77. The fraction of sp³-hybridized carbons (Fsp3) is 0.0625. The summed E-state index contributed by atoms with van der Waals surface area (Å²) in [5.74, 6) is 1.45. The molecule has 5 heteroatoms. The van der Waals surface area contributed by atoms with Gasteiger partial charge < -0.3 is 21.1 Å². The Kier molecular flexibility index (Phi) is 5.24. The highest BCUT2D eigenvalue weighted by Gasteiger charge is 2.14. The number of benzene rings is 2. The van der Waals surface area contributed by atoms with E-state index in [9.17, 15) is 0 Å². The van der Waals surface area contributed by atoms with E-state index in [4.69, 9.17) is 10.2 Å². The maximum atomic E-state index is 5.74. The summed E-state index contributed by atoms with van der Waals surface area (Å²) < 4.78 is 5.74. The molecule has 0 amide bonds. The Hall–Kier alpha value is -2.63. The molecule has 1 heterocycles. The minimum Gasteiger partial charge on any atom is -0.440 e. The lowest BCUT2D eigenvalue weighted by molar-refractivity contribution is 0.534. The molecule has 0 radical (unpaired) electrons. The van der Waals surface area contributed by atoms with E-state index >= 15 is 0 Å². The molecule has 5 nitrogen and oxygen atoms in total. The van der Waals surface area contributed by atoms with Crippen molar-refractivity contribution in [3.05, 3.63) is 60.5 Å². The van der Waals surface area contributed by atoms with Gasteiger partial charge in [0.1, 0.15) is 5.69 Å². The first-order valence-electron chi connectivity index (χ1n) is 6.13. The van der Waals surface area contributed by atoms with E-state index in [2.05, 4.69) is 4.98 Å². The van der Waals surface area contributed by atoms with Crippen LogP contribution in [0.15, 0.2) is 59.0 Å². The lowest BCUT2D eigenvalue weighted by Crippen LogP contribution is -1.86. The molecule has 0 spiro atoms. The molecule has 0 saturated carbocycles. The molecule has 0 bridgehead atoms. The second-order valence-electron chi connectivity index (χ2n) is 4.40. The van der Waals surface area contributed by atoms with Gasteiger partial charge in [0.05, 0.1) is 0 Å². The lowest BCUT2D eigenvalue weighted by Gasteiger charge is -2.02. The van der Waals surface area contributed by atoms with Gasteiger partial charge in [0.2, 0.25) is 0 Å². The maximum Gasteiger partial charge on any atom is 0.192 e. The van der Waals surface area contributed by atoms with Crippen molar-refractivity contribution in [3.8, 4) is 22.6 Å². The third kappa shape index (κ3) is 3.28. The van der Waals surface area contributed by atoms with Crippen LogP contribution in [0.5, 0.6) is 0 Å². The Labute approximate surface area is 122 Å². The number of oxazole rings is 1. The minimum absolute atomic E-state index is 0. The molecule has 0 fully saturated rings. The summed E-state index contributed by atoms with van der Waals surface area (Å²) in [5, 5.41) is 0. The van der Waals surface area contributed by atoms with Gasteiger partial charge in [-0.2, -0.15) is 0 Å². The van der Waals surface area contributed by atoms with Crippen LogP contribution in [0.25, 0.3) is 22.6 Å². The first kappa shape index (κ1) is 16.4. The molecule has 1 aromatic heterocycles. The van der Waals surface area contributed by atoms with Crippen molar-refractivity contribution >= 4 is 5.69 Å². The highest BCUT2D eigenvalue weighted by atomic mass is 16.4. The fourth-order valence-corrected chi connectivity index (χ4v) is 2.05. The first-order valence-corrected chi connectivity index (χ1v) is 6.13. The van der Waals surface area contributed by atoms with Crippen LogP contribution < -0.4 is 5.73 Å². The number of nitrogens with two attached hydrogens (primary N) is 1. The van der Waals surface area contributed by atoms with Crippen LogP contribution in [-0.4, -0.2) is 15.9 Å². The zero-order valence-corrected chi connectivity index (χ0v) is 11.6. The standard InChI is InChI=1S/C16H14N2O.2H2O/c1-11-18-15(12-7-9-14(17)10-8-12)16(19-11)13-5-3-2-4-6-13;;/h2-10H,17H2,1H3;2*1H2. The molecule has 0 saturated heterocycles. The Bertz CT molecular complexity index is 691. The normalized spacial score (nSPS) is 9.57. The molecule has 21 heavy (non-hydrogen) atoms. The van der Waals surface area contributed by atoms with Crippen LogP contribution in [-0.2, 0) is 0 Å². The molecule has 0 aliphatic carbocycles. The van der Waals surface area contributed by atoms with Gasteiger partial charge in [0, 0.05) is 23.7 Å². The molecule has 2 aromatic carbocycles. The van der Waals surface area contributed by atoms with Crippen LogP contribution in [0.4, 0.5) is 5.69 Å². The van der Waals surface area contributed by atoms with Gasteiger partial charge >= 0.3 is 0 Å². The average Bonchev–Trinajstić information content (AvgIpc) is 2.83. The van der Waals surface area contributed by atoms with Crippen molar-refractivity contribution in [2.24, 2.45) is 0 Å². The molecule has 6 N–H and O–H groups in total. The van der Waals surface area contributed by atoms with E-state index in [0.29, 0.717) is 5.89 Å². The van der Waals surface area contributed by atoms with Crippen LogP contribution >= 0.6 is 0 Å². The van der Waals surface area contributed by atoms with E-state index in [-0.39, 0.29) is 11.0 Å². The lowest BCUT2D eigenvalue weighted by atomic mass is 10.1. The predicted octanol–water partition coefficient (Wildman–Crippen LogP) is 2.25. The number of hydrogen-bond donors (Lipinski definition) is 1. The number of aromatic nitrogens is 1. The molecule has 0 aliphatic rings. The summed E-state index contributed by atoms with van der Waals surface area (Å²) in [6, 6.07) is 17.6. The van der Waals surface area contributed by atoms with Crippen LogP contribution in [0, 0.1) is 6.92 Å². The van der Waals surface area contributed by atoms with Gasteiger partial charge in [-0.1, -0.05) is 42.5 Å². The van der Waals surface area contributed by atoms with E-state index < -0.39 is 0 Å². The van der Waals surface area contributed by atoms with Gasteiger partial charge in [-0.05, 0) is 12.1 Å². The fourth-order valence-electron chi connectivity index (χ4n) is 2.05. The molecule has 0 atom stereocenters. The largest absolute Gasteiger partial charge is 0.440 e. The van der Waals surface area contributed by atoms with Crippen molar-refractivity contribution in [2.75, 3.05) is 5.73 Å². The van der Waals surface area contributed by atoms with E-state index in [0.717, 1.165) is 28.3 Å². The number of nitrogens with zero attached hydrogens (tertiary/aromatic N) is 1. The summed E-state index contributed by atoms with van der Waals surface area (Å²) in [6.07, 6.45) is 0. The monoisotopic (exact) mass is 286 g/mol. The average molecular weight is 286 g/mol. The zero-order chi connectivity index (χ0) is 13.2. The van der Waals surface area contributed by atoms with Crippen molar-refractivity contribution in [1.82, 2.24) is 4.98 Å². The van der Waals surface area contributed by atoms with E-state index in [1.165, 1.54) is 0 Å². The second kappa shape index (κ2) is 6.69. The van der Waals surface area contributed by atoms with Crippen LogP contribution in [0.3, 0.4) is 0 Å². The van der Waals surface area contributed by atoms with Crippen LogP contribution in [0.1, 0.15) is 5.89 Å². The third-order valence-corrected chi connectivity index (χ3v) is 2.95. The van der Waals surface area contributed by atoms with Crippen molar-refractivity contribution in [1.29, 1.82) is 0 Å². The Morgan fingerprint density at radius 3 is 2.10 bits per heavy atom. The summed E-state index contributed by atoms with van der Waals surface area (Å²) in [7, 11) is 0. The summed E-state index contributed by atoms with van der Waals surface area (Å²) in [5.41, 5.74) is 9.33. The Morgan fingerprint density at radius 2 is 1.48 bits per heavy atom. The smallest absolute Gasteiger partial charge is 0.192 e. The van der Waals surface area contributed by atoms with Gasteiger partial charge in [-0.3, -0.25) is 0 Å². The van der Waals surface area contributed by atoms with Gasteiger partial charge in [-0.25, -0.2) is 4.98 Å². The number of anilines is 1. The number of rotatable bonds is 2. The van der Waals surface area contributed by atoms with Gasteiger partial charge in [0.25, 0.3) is 0 Å². The van der Waals surface area contributed by atoms with E-state index in [1.807, 2.05) is 61.5 Å². The van der Waals surface area contributed by atoms with Gasteiger partial charge in [-0.15, -0.1) is 0 Å². The predicted molar refractivity (Wildman–Crippen MR) is 83.8 cm³/mol. The van der Waals surface area contributed by atoms with Crippen molar-refractivity contribution in [3.63, 3.8) is 0 Å². The quantitative estimate of drug-likeness (QED) is 0.728. The first-order chi connectivity index (χ1) is 9.24. The summed E-state index contributed by atoms with van der Waals surface area (Å²) in [6.45, 7) is 1.85. The molecular weight excluding hydrogens is 268 g/mol. The molecular formula is C16H18N2O3. The van der Waals surface area contributed by atoms with Crippen molar-refractivity contribution < 1.29 is 15.4 Å². The zero-order valence-electron chi connectivity index (χ0n) is 11.6. The number of hydrogen-bond acceptors (Lipinski definition) is 3. The molecule has 0 aliphatic heterocycles. The molecule has 0 unspecified atom stereocenters. The Morgan fingerprint density at radius 1 is 0.857 bits per heavy atom. The molecule has 3 rings (SSSR count). The van der Waals surface area contributed by atoms with Crippen LogP contribution in [0.2, 0.25) is 0 Å². The minimum atomic E-state index is 0. The summed E-state index contributed by atoms with van der Waals surface area (Å²) >= 11 is 0. The summed E-state index contributed by atoms with van der Waals surface area (Å²) in [4.78, 5) is 4.48. The van der Waals surface area contributed by atoms with Gasteiger partial charge in [0.15, 0.2) is 11.7 Å². The molecule has 110 valence electrons. The maximum absolute atomic E-state index is 5.74. The van der Waals surface area contributed by atoms with Crippen molar-refractivity contribution in [2.45, 2.75) is 6.92 Å². The molecule has 3 aromatic rings. The number of nitrogen functional groups attached to an aromatic ring is 1.